The molecule has 0 unspecified atom stereocenters. The smallest absolute Gasteiger partial charge is 0.206 e. The van der Waals surface area contributed by atoms with Gasteiger partial charge in [0, 0.05) is 0 Å². The fourth-order valence-corrected chi connectivity index (χ4v) is 6.26. The zero-order valence-corrected chi connectivity index (χ0v) is 21.3. The normalized spacial score (nSPS) is 25.9. The Morgan fingerprint density at radius 2 is 1.20 bits per heavy atom. The maximum absolute atomic E-state index is 14.0. The van der Waals surface area contributed by atoms with Crippen LogP contribution in [0, 0.1) is 29.4 Å². The van der Waals surface area contributed by atoms with Gasteiger partial charge in [0.2, 0.25) is 0 Å². The second-order valence-corrected chi connectivity index (χ2v) is 11.1. The highest BCUT2D eigenvalue weighted by Crippen LogP contribution is 2.42. The van der Waals surface area contributed by atoms with Gasteiger partial charge in [0.15, 0.2) is 0 Å². The van der Waals surface area contributed by atoms with E-state index in [0.29, 0.717) is 11.5 Å². The first-order chi connectivity index (χ1) is 16.8. The number of allylic oxidation sites excluding steroid dienone is 2. The van der Waals surface area contributed by atoms with Crippen molar-refractivity contribution in [2.24, 2.45) is 17.8 Å². The third-order valence-electron chi connectivity index (χ3n) is 8.47. The summed E-state index contributed by atoms with van der Waals surface area (Å²) in [6.45, 7) is 2.21. The lowest BCUT2D eigenvalue weighted by molar-refractivity contribution is -0.142. The summed E-state index contributed by atoms with van der Waals surface area (Å²) in [6, 6.07) is 1.80. The SMILES string of the molecule is CCC/C=C/CCCCC1CCC(CCC2CCC(c3cc(F)c(C(F)(F)F)c(F)c3)CC2)CC1. The van der Waals surface area contributed by atoms with E-state index in [0.717, 1.165) is 49.7 Å². The molecule has 2 aliphatic carbocycles. The van der Waals surface area contributed by atoms with E-state index in [1.807, 2.05) is 0 Å². The van der Waals surface area contributed by atoms with Gasteiger partial charge in [-0.3, -0.25) is 0 Å². The van der Waals surface area contributed by atoms with E-state index in [4.69, 9.17) is 0 Å². The summed E-state index contributed by atoms with van der Waals surface area (Å²) < 4.78 is 66.4. The average molecular weight is 499 g/mol. The van der Waals surface area contributed by atoms with Gasteiger partial charge < -0.3 is 0 Å². The summed E-state index contributed by atoms with van der Waals surface area (Å²) >= 11 is 0. The van der Waals surface area contributed by atoms with Crippen molar-refractivity contribution in [1.82, 2.24) is 0 Å². The molecule has 35 heavy (non-hydrogen) atoms. The fourth-order valence-electron chi connectivity index (χ4n) is 6.26. The van der Waals surface area contributed by atoms with Crippen molar-refractivity contribution in [3.63, 3.8) is 0 Å². The van der Waals surface area contributed by atoms with E-state index in [1.165, 1.54) is 77.0 Å². The van der Waals surface area contributed by atoms with Crippen molar-refractivity contribution >= 4 is 0 Å². The van der Waals surface area contributed by atoms with Gasteiger partial charge in [-0.1, -0.05) is 76.9 Å². The number of hydrogen-bond acceptors (Lipinski definition) is 0. The van der Waals surface area contributed by atoms with Gasteiger partial charge in [-0.2, -0.15) is 13.2 Å². The third kappa shape index (κ3) is 8.89. The summed E-state index contributed by atoms with van der Waals surface area (Å²) in [7, 11) is 0. The highest BCUT2D eigenvalue weighted by molar-refractivity contribution is 5.30. The molecule has 5 heteroatoms. The second-order valence-electron chi connectivity index (χ2n) is 11.1. The van der Waals surface area contributed by atoms with E-state index >= 15 is 0 Å². The third-order valence-corrected chi connectivity index (χ3v) is 8.47. The maximum Gasteiger partial charge on any atom is 0.422 e. The molecule has 2 fully saturated rings. The summed E-state index contributed by atoms with van der Waals surface area (Å²) in [4.78, 5) is 0. The van der Waals surface area contributed by atoms with E-state index in [2.05, 4.69) is 19.1 Å². The maximum atomic E-state index is 14.0. The zero-order chi connectivity index (χ0) is 25.3. The monoisotopic (exact) mass is 498 g/mol. The molecule has 0 radical (unpaired) electrons. The topological polar surface area (TPSA) is 0 Å². The zero-order valence-electron chi connectivity index (χ0n) is 21.3. The minimum atomic E-state index is -5.00. The van der Waals surface area contributed by atoms with Crippen molar-refractivity contribution < 1.29 is 22.0 Å². The van der Waals surface area contributed by atoms with Crippen molar-refractivity contribution in [3.05, 3.63) is 47.0 Å². The molecule has 0 nitrogen and oxygen atoms in total. The number of benzene rings is 1. The van der Waals surface area contributed by atoms with Crippen LogP contribution < -0.4 is 0 Å². The minimum Gasteiger partial charge on any atom is -0.206 e. The van der Waals surface area contributed by atoms with E-state index in [1.54, 1.807) is 0 Å². The largest absolute Gasteiger partial charge is 0.422 e. The first-order valence-corrected chi connectivity index (χ1v) is 14.0. The number of unbranched alkanes of at least 4 members (excludes halogenated alkanes) is 3. The number of halogens is 5. The van der Waals surface area contributed by atoms with E-state index in [-0.39, 0.29) is 5.92 Å². The highest BCUT2D eigenvalue weighted by atomic mass is 19.4. The first-order valence-electron chi connectivity index (χ1n) is 14.0. The minimum absolute atomic E-state index is 0.0462. The number of alkyl halides is 3. The molecule has 0 spiro atoms. The van der Waals surface area contributed by atoms with Crippen LogP contribution in [0.25, 0.3) is 0 Å². The molecule has 0 heterocycles. The van der Waals surface area contributed by atoms with Crippen molar-refractivity contribution in [1.29, 1.82) is 0 Å². The summed E-state index contributed by atoms with van der Waals surface area (Å²) in [5.74, 6) is -0.656. The lowest BCUT2D eigenvalue weighted by Gasteiger charge is -2.32. The summed E-state index contributed by atoms with van der Waals surface area (Å²) in [5.41, 5.74) is -1.40. The van der Waals surface area contributed by atoms with E-state index < -0.39 is 23.4 Å². The van der Waals surface area contributed by atoms with Gasteiger partial charge in [-0.25, -0.2) is 8.78 Å². The van der Waals surface area contributed by atoms with Gasteiger partial charge in [0.25, 0.3) is 0 Å². The Morgan fingerprint density at radius 3 is 1.71 bits per heavy atom. The molecular weight excluding hydrogens is 455 g/mol. The predicted molar refractivity (Wildman–Crippen MR) is 133 cm³/mol. The molecule has 1 aromatic rings. The molecule has 3 rings (SSSR count). The molecule has 0 saturated heterocycles. The summed E-state index contributed by atoms with van der Waals surface area (Å²) in [6.07, 6.45) is 18.9. The molecule has 1 aromatic carbocycles. The van der Waals surface area contributed by atoms with Crippen LogP contribution in [0.15, 0.2) is 24.3 Å². The van der Waals surface area contributed by atoms with Crippen LogP contribution in [0.1, 0.15) is 127 Å². The molecule has 0 bridgehead atoms. The number of rotatable bonds is 11. The first kappa shape index (κ1) is 28.2. The van der Waals surface area contributed by atoms with Gasteiger partial charge >= 0.3 is 6.18 Å². The molecule has 0 amide bonds. The molecule has 0 atom stereocenters. The Hall–Kier alpha value is -1.39. The fraction of sp³-hybridized carbons (Fsp3) is 0.733. The lowest BCUT2D eigenvalue weighted by Crippen LogP contribution is -2.18. The number of hydrogen-bond donors (Lipinski definition) is 0. The Kier molecular flexibility index (Phi) is 11.1. The van der Waals surface area contributed by atoms with Gasteiger partial charge in [0.05, 0.1) is 0 Å². The molecule has 198 valence electrons. The van der Waals surface area contributed by atoms with Crippen LogP contribution in [0.5, 0.6) is 0 Å². The Labute approximate surface area is 208 Å². The molecule has 2 aliphatic rings. The van der Waals surface area contributed by atoms with Crippen molar-refractivity contribution in [2.75, 3.05) is 0 Å². The van der Waals surface area contributed by atoms with Crippen LogP contribution >= 0.6 is 0 Å². The molecule has 0 N–H and O–H groups in total. The van der Waals surface area contributed by atoms with Crippen LogP contribution in [0.3, 0.4) is 0 Å². The molecular formula is C30H43F5. The Bertz CT molecular complexity index is 757. The van der Waals surface area contributed by atoms with Crippen molar-refractivity contribution in [2.45, 2.75) is 122 Å². The van der Waals surface area contributed by atoms with Gasteiger partial charge in [-0.05, 0) is 86.3 Å². The highest BCUT2D eigenvalue weighted by Gasteiger charge is 2.38. The molecule has 2 saturated carbocycles. The Balaban J connectivity index is 1.32. The van der Waals surface area contributed by atoms with E-state index in [9.17, 15) is 22.0 Å². The lowest BCUT2D eigenvalue weighted by atomic mass is 9.74. The standard InChI is InChI=1S/C30H43F5/c1-2-3-4-5-6-7-8-9-22-10-12-23(13-11-22)14-15-24-16-18-25(19-17-24)26-20-27(31)29(28(32)21-26)30(33,34)35/h4-5,20-25H,2-3,6-19H2,1H3/b5-4+. The van der Waals surface area contributed by atoms with Crippen LogP contribution in [-0.4, -0.2) is 0 Å². The van der Waals surface area contributed by atoms with Gasteiger partial charge in [0.1, 0.15) is 17.2 Å². The quantitative estimate of drug-likeness (QED) is 0.162. The molecule has 0 aromatic heterocycles. The van der Waals surface area contributed by atoms with Crippen LogP contribution in [-0.2, 0) is 6.18 Å². The van der Waals surface area contributed by atoms with Crippen molar-refractivity contribution in [3.8, 4) is 0 Å². The summed E-state index contributed by atoms with van der Waals surface area (Å²) in [5, 5.41) is 0. The van der Waals surface area contributed by atoms with Gasteiger partial charge in [-0.15, -0.1) is 0 Å². The molecule has 0 aliphatic heterocycles. The Morgan fingerprint density at radius 1 is 0.714 bits per heavy atom. The predicted octanol–water partition coefficient (Wildman–Crippen LogP) is 10.8. The van der Waals surface area contributed by atoms with Crippen LogP contribution in [0.2, 0.25) is 0 Å². The average Bonchev–Trinajstić information content (AvgIpc) is 2.82. The second kappa shape index (κ2) is 13.8. The van der Waals surface area contributed by atoms with Crippen LogP contribution in [0.4, 0.5) is 22.0 Å².